The van der Waals surface area contributed by atoms with Gasteiger partial charge in [0.15, 0.2) is 0 Å². The van der Waals surface area contributed by atoms with Gasteiger partial charge in [0.2, 0.25) is 0 Å². The van der Waals surface area contributed by atoms with Gasteiger partial charge in [0, 0.05) is 18.8 Å². The maximum Gasteiger partial charge on any atom is 0.0692 e. The monoisotopic (exact) mass is 224 g/mol. The number of hydrogen-bond acceptors (Lipinski definition) is 3. The molecule has 0 aliphatic carbocycles. The van der Waals surface area contributed by atoms with E-state index in [2.05, 4.69) is 36.4 Å². The Hall–Kier alpha value is -0.900. The maximum absolute atomic E-state index is 3.94. The number of rotatable bonds is 8. The third-order valence-corrected chi connectivity index (χ3v) is 3.25. The largest absolute Gasteiger partial charge is 0.314 e. The Bertz CT molecular complexity index is 258. The highest BCUT2D eigenvalue weighted by molar-refractivity contribution is 4.67. The maximum atomic E-state index is 3.94. The molecule has 4 heteroatoms. The first-order chi connectivity index (χ1) is 7.74. The van der Waals surface area contributed by atoms with Gasteiger partial charge in [0.05, 0.1) is 6.20 Å². The zero-order chi connectivity index (χ0) is 11.8. The molecule has 1 heterocycles. The molecule has 0 radical (unpaired) electrons. The van der Waals surface area contributed by atoms with Crippen molar-refractivity contribution in [2.75, 3.05) is 6.54 Å². The van der Waals surface area contributed by atoms with Crippen molar-refractivity contribution < 1.29 is 0 Å². The van der Waals surface area contributed by atoms with Crippen molar-refractivity contribution >= 4 is 0 Å². The second-order valence-corrected chi connectivity index (χ2v) is 4.50. The predicted octanol–water partition coefficient (Wildman–Crippen LogP) is 2.08. The van der Waals surface area contributed by atoms with Gasteiger partial charge in [-0.25, -0.2) is 0 Å². The van der Waals surface area contributed by atoms with Crippen LogP contribution in [0.2, 0.25) is 0 Å². The first-order valence-electron chi connectivity index (χ1n) is 6.31. The minimum absolute atomic E-state index is 0.622. The molecule has 0 spiro atoms. The summed E-state index contributed by atoms with van der Waals surface area (Å²) in [5.74, 6) is 0.760. The van der Waals surface area contributed by atoms with Gasteiger partial charge in [-0.2, -0.15) is 0 Å². The summed E-state index contributed by atoms with van der Waals surface area (Å²) in [7, 11) is 0. The fraction of sp³-hybridized carbons (Fsp3) is 0.833. The molecule has 1 aromatic rings. The summed E-state index contributed by atoms with van der Waals surface area (Å²) >= 11 is 0. The Kier molecular flexibility index (Phi) is 6.08. The van der Waals surface area contributed by atoms with Crippen LogP contribution in [0.25, 0.3) is 0 Å². The number of unbranched alkanes of at least 4 members (excludes halogenated alkanes) is 1. The molecule has 1 aromatic heterocycles. The Labute approximate surface area is 98.4 Å². The average molecular weight is 224 g/mol. The van der Waals surface area contributed by atoms with E-state index in [-0.39, 0.29) is 0 Å². The molecular formula is C12H24N4. The second kappa shape index (κ2) is 7.39. The molecule has 92 valence electrons. The van der Waals surface area contributed by atoms with Crippen LogP contribution in [0, 0.1) is 5.92 Å². The van der Waals surface area contributed by atoms with E-state index in [0.29, 0.717) is 6.04 Å². The van der Waals surface area contributed by atoms with Gasteiger partial charge < -0.3 is 5.32 Å². The standard InChI is InChI=1S/C12H24N4/c1-4-11(2)12(3)13-7-5-6-9-16-10-8-14-15-16/h8,10-13H,4-7,9H2,1-3H3. The molecule has 0 aliphatic heterocycles. The second-order valence-electron chi connectivity index (χ2n) is 4.50. The first kappa shape index (κ1) is 13.2. The predicted molar refractivity (Wildman–Crippen MR) is 66.2 cm³/mol. The highest BCUT2D eigenvalue weighted by Gasteiger charge is 2.07. The fourth-order valence-corrected chi connectivity index (χ4v) is 1.64. The van der Waals surface area contributed by atoms with Crippen LogP contribution in [0.5, 0.6) is 0 Å². The Balaban J connectivity index is 1.99. The molecule has 0 aromatic carbocycles. The quantitative estimate of drug-likeness (QED) is 0.687. The van der Waals surface area contributed by atoms with Gasteiger partial charge in [-0.15, -0.1) is 5.10 Å². The van der Waals surface area contributed by atoms with Crippen molar-refractivity contribution in [2.45, 2.75) is 52.6 Å². The first-order valence-corrected chi connectivity index (χ1v) is 6.31. The molecule has 0 aliphatic rings. The molecule has 0 saturated carbocycles. The van der Waals surface area contributed by atoms with Crippen LogP contribution in [0.4, 0.5) is 0 Å². The lowest BCUT2D eigenvalue weighted by molar-refractivity contribution is 0.384. The fourth-order valence-electron chi connectivity index (χ4n) is 1.64. The van der Waals surface area contributed by atoms with E-state index in [1.807, 2.05) is 10.9 Å². The Morgan fingerprint density at radius 2 is 2.12 bits per heavy atom. The molecule has 16 heavy (non-hydrogen) atoms. The van der Waals surface area contributed by atoms with E-state index < -0.39 is 0 Å². The normalized spacial score (nSPS) is 14.9. The summed E-state index contributed by atoms with van der Waals surface area (Å²) in [5, 5.41) is 11.3. The van der Waals surface area contributed by atoms with Crippen molar-refractivity contribution in [3.05, 3.63) is 12.4 Å². The van der Waals surface area contributed by atoms with Crippen molar-refractivity contribution in [3.63, 3.8) is 0 Å². The highest BCUT2D eigenvalue weighted by Crippen LogP contribution is 2.06. The van der Waals surface area contributed by atoms with Gasteiger partial charge in [0.1, 0.15) is 0 Å². The summed E-state index contributed by atoms with van der Waals surface area (Å²) in [5.41, 5.74) is 0. The van der Waals surface area contributed by atoms with Crippen LogP contribution in [0.3, 0.4) is 0 Å². The zero-order valence-corrected chi connectivity index (χ0v) is 10.7. The van der Waals surface area contributed by atoms with Crippen molar-refractivity contribution in [3.8, 4) is 0 Å². The molecule has 1 N–H and O–H groups in total. The van der Waals surface area contributed by atoms with E-state index in [1.165, 1.54) is 12.8 Å². The summed E-state index contributed by atoms with van der Waals surface area (Å²) in [6.45, 7) is 8.88. The highest BCUT2D eigenvalue weighted by atomic mass is 15.4. The number of nitrogens with one attached hydrogen (secondary N) is 1. The molecule has 2 atom stereocenters. The van der Waals surface area contributed by atoms with E-state index in [9.17, 15) is 0 Å². The smallest absolute Gasteiger partial charge is 0.0692 e. The lowest BCUT2D eigenvalue weighted by Gasteiger charge is -2.19. The number of aryl methyl sites for hydroxylation is 1. The summed E-state index contributed by atoms with van der Waals surface area (Å²) in [6.07, 6.45) is 7.23. The van der Waals surface area contributed by atoms with Crippen LogP contribution >= 0.6 is 0 Å². The van der Waals surface area contributed by atoms with Crippen molar-refractivity contribution in [1.29, 1.82) is 0 Å². The van der Waals surface area contributed by atoms with E-state index in [0.717, 1.165) is 25.4 Å². The van der Waals surface area contributed by atoms with Crippen LogP contribution in [-0.4, -0.2) is 27.6 Å². The minimum Gasteiger partial charge on any atom is -0.314 e. The van der Waals surface area contributed by atoms with E-state index in [1.54, 1.807) is 6.20 Å². The van der Waals surface area contributed by atoms with Crippen LogP contribution in [-0.2, 0) is 6.54 Å². The summed E-state index contributed by atoms with van der Waals surface area (Å²) in [6, 6.07) is 0.622. The van der Waals surface area contributed by atoms with Crippen molar-refractivity contribution in [1.82, 2.24) is 20.3 Å². The van der Waals surface area contributed by atoms with Crippen LogP contribution < -0.4 is 5.32 Å². The summed E-state index contributed by atoms with van der Waals surface area (Å²) in [4.78, 5) is 0. The van der Waals surface area contributed by atoms with Gasteiger partial charge in [0.25, 0.3) is 0 Å². The molecule has 2 unspecified atom stereocenters. The van der Waals surface area contributed by atoms with Gasteiger partial charge in [-0.05, 0) is 32.2 Å². The number of hydrogen-bond donors (Lipinski definition) is 1. The SMILES string of the molecule is CCC(C)C(C)NCCCCn1ccnn1. The number of aromatic nitrogens is 3. The van der Waals surface area contributed by atoms with Crippen molar-refractivity contribution in [2.24, 2.45) is 5.92 Å². The third kappa shape index (κ3) is 4.75. The molecular weight excluding hydrogens is 200 g/mol. The third-order valence-electron chi connectivity index (χ3n) is 3.25. The zero-order valence-electron chi connectivity index (χ0n) is 10.7. The topological polar surface area (TPSA) is 42.7 Å². The molecule has 0 saturated heterocycles. The molecule has 0 bridgehead atoms. The van der Waals surface area contributed by atoms with Gasteiger partial charge in [-0.1, -0.05) is 25.5 Å². The minimum atomic E-state index is 0.622. The average Bonchev–Trinajstić information content (AvgIpc) is 2.80. The summed E-state index contributed by atoms with van der Waals surface area (Å²) < 4.78 is 1.89. The van der Waals surface area contributed by atoms with E-state index >= 15 is 0 Å². The Morgan fingerprint density at radius 1 is 1.31 bits per heavy atom. The number of nitrogens with zero attached hydrogens (tertiary/aromatic N) is 3. The molecule has 4 nitrogen and oxygen atoms in total. The molecule has 0 fully saturated rings. The van der Waals surface area contributed by atoms with Crippen LogP contribution in [0.1, 0.15) is 40.0 Å². The van der Waals surface area contributed by atoms with Gasteiger partial charge in [-0.3, -0.25) is 4.68 Å². The van der Waals surface area contributed by atoms with Gasteiger partial charge >= 0.3 is 0 Å². The molecule has 0 amide bonds. The molecule has 1 rings (SSSR count). The van der Waals surface area contributed by atoms with E-state index in [4.69, 9.17) is 0 Å². The Morgan fingerprint density at radius 3 is 2.75 bits per heavy atom. The lowest BCUT2D eigenvalue weighted by Crippen LogP contribution is -2.32. The van der Waals surface area contributed by atoms with Crippen LogP contribution in [0.15, 0.2) is 12.4 Å². The lowest BCUT2D eigenvalue weighted by atomic mass is 10.0.